The number of halogens is 2. The molecule has 3 atom stereocenters. The predicted octanol–water partition coefficient (Wildman–Crippen LogP) is 9.08. The summed E-state index contributed by atoms with van der Waals surface area (Å²) in [7, 11) is 0. The van der Waals surface area contributed by atoms with Crippen LogP contribution in [0.4, 0.5) is 0 Å². The molecule has 0 saturated heterocycles. The number of carboxylic acid groups (broad SMARTS) is 1. The van der Waals surface area contributed by atoms with Crippen molar-refractivity contribution >= 4 is 46.4 Å². The second-order valence-corrected chi connectivity index (χ2v) is 16.3. The molecular formula is C45H40Cl2N4O7S. The Morgan fingerprint density at radius 3 is 2.42 bits per heavy atom. The number of nitrogens with one attached hydrogen (secondary N) is 1. The molecule has 302 valence electrons. The van der Waals surface area contributed by atoms with E-state index >= 15 is 0 Å². The van der Waals surface area contributed by atoms with Crippen LogP contribution in [0.1, 0.15) is 50.2 Å². The number of nitrogens with zero attached hydrogens (tertiary/aromatic N) is 3. The van der Waals surface area contributed by atoms with Gasteiger partial charge in [0.2, 0.25) is 5.91 Å². The third-order valence-corrected chi connectivity index (χ3v) is 12.0. The standard InChI is InChI=1S/C45H40Cl2N4O7S/c1-26-27(2)48-14-13-39(26)57-34-8-3-28(4-9-34)18-37(45(53)54)50-44(52)38-19-31-20-40-41(21-32(31)22-51(38)23-43-49-15-16-59-43)58-42(25-56-40)30-6-10-33(11-7-30)55-24-29-5-12-35(46)36(47)17-29/h3-17,20-21,37-38,42H,18-19,22-25H2,1-2H3,(H,50,52)(H,53,54). The van der Waals surface area contributed by atoms with Crippen molar-refractivity contribution in [2.75, 3.05) is 6.61 Å². The van der Waals surface area contributed by atoms with Gasteiger partial charge in [0.05, 0.1) is 22.6 Å². The molecule has 59 heavy (non-hydrogen) atoms. The van der Waals surface area contributed by atoms with Crippen LogP contribution in [-0.2, 0) is 42.1 Å². The van der Waals surface area contributed by atoms with Crippen molar-refractivity contribution < 1.29 is 33.6 Å². The normalized spacial score (nSPS) is 16.5. The van der Waals surface area contributed by atoms with Gasteiger partial charge in [-0.1, -0.05) is 53.5 Å². The van der Waals surface area contributed by atoms with Crippen molar-refractivity contribution in [1.82, 2.24) is 20.2 Å². The average Bonchev–Trinajstić information content (AvgIpc) is 3.75. The molecule has 1 amide bonds. The number of fused-ring (bicyclic) bond motifs is 2. The highest BCUT2D eigenvalue weighted by atomic mass is 35.5. The highest BCUT2D eigenvalue weighted by Gasteiger charge is 2.36. The molecule has 0 radical (unpaired) electrons. The SMILES string of the molecule is Cc1nccc(Oc2ccc(CC(NC(=O)C3Cc4cc5c(cc4CN3Cc3nccs3)OC(c3ccc(OCc4ccc(Cl)c(Cl)c4)cc3)CO5)C(=O)O)cc2)c1C. The van der Waals surface area contributed by atoms with Crippen molar-refractivity contribution in [2.45, 2.75) is 64.6 Å². The Bertz CT molecular complexity index is 2470. The van der Waals surface area contributed by atoms with Crippen molar-refractivity contribution in [3.63, 3.8) is 0 Å². The van der Waals surface area contributed by atoms with E-state index in [1.54, 1.807) is 42.7 Å². The van der Waals surface area contributed by atoms with E-state index in [0.717, 1.165) is 44.1 Å². The minimum atomic E-state index is -1.15. The summed E-state index contributed by atoms with van der Waals surface area (Å²) in [4.78, 5) is 37.4. The van der Waals surface area contributed by atoms with Gasteiger partial charge in [0.25, 0.3) is 0 Å². The summed E-state index contributed by atoms with van der Waals surface area (Å²) in [5, 5.41) is 16.8. The minimum absolute atomic E-state index is 0.0961. The van der Waals surface area contributed by atoms with Gasteiger partial charge in [-0.05, 0) is 103 Å². The van der Waals surface area contributed by atoms with Crippen LogP contribution in [0.15, 0.2) is 103 Å². The van der Waals surface area contributed by atoms with Crippen molar-refractivity contribution in [1.29, 1.82) is 0 Å². The Labute approximate surface area is 355 Å². The second kappa shape index (κ2) is 17.7. The lowest BCUT2D eigenvalue weighted by Gasteiger charge is -2.37. The molecule has 0 saturated carbocycles. The molecule has 0 bridgehead atoms. The van der Waals surface area contributed by atoms with Gasteiger partial charge in [-0.3, -0.25) is 14.7 Å². The number of rotatable bonds is 13. The number of amides is 1. The lowest BCUT2D eigenvalue weighted by Crippen LogP contribution is -2.54. The first-order chi connectivity index (χ1) is 28.6. The van der Waals surface area contributed by atoms with Crippen molar-refractivity contribution in [3.8, 4) is 28.7 Å². The Hall–Kier alpha value is -5.66. The fraction of sp³-hybridized carbons (Fsp3) is 0.244. The number of thiazole rings is 1. The molecular weight excluding hydrogens is 811 g/mol. The molecule has 4 aromatic carbocycles. The molecule has 0 spiro atoms. The summed E-state index contributed by atoms with van der Waals surface area (Å²) < 4.78 is 24.8. The van der Waals surface area contributed by atoms with Gasteiger partial charge in [0.15, 0.2) is 17.6 Å². The van der Waals surface area contributed by atoms with Gasteiger partial charge in [-0.2, -0.15) is 0 Å². The molecule has 2 aliphatic heterocycles. The van der Waals surface area contributed by atoms with E-state index in [0.29, 0.717) is 71.5 Å². The summed E-state index contributed by atoms with van der Waals surface area (Å²) in [6.07, 6.45) is 3.53. The molecule has 8 rings (SSSR count). The maximum absolute atomic E-state index is 14.1. The number of hydrogen-bond acceptors (Lipinski definition) is 10. The molecule has 2 N–H and O–H groups in total. The van der Waals surface area contributed by atoms with E-state index in [1.165, 1.54) is 11.3 Å². The summed E-state index contributed by atoms with van der Waals surface area (Å²) in [5.74, 6) is 1.73. The van der Waals surface area contributed by atoms with E-state index in [2.05, 4.69) is 15.3 Å². The Morgan fingerprint density at radius 2 is 1.68 bits per heavy atom. The van der Waals surface area contributed by atoms with Gasteiger partial charge in [-0.15, -0.1) is 11.3 Å². The number of aromatic nitrogens is 2. The largest absolute Gasteiger partial charge is 0.489 e. The van der Waals surface area contributed by atoms with E-state index in [4.69, 9.17) is 42.1 Å². The molecule has 4 heterocycles. The maximum Gasteiger partial charge on any atom is 0.326 e. The smallest absolute Gasteiger partial charge is 0.326 e. The summed E-state index contributed by atoms with van der Waals surface area (Å²) in [6, 6.07) is 24.3. The highest BCUT2D eigenvalue weighted by Crippen LogP contribution is 2.41. The van der Waals surface area contributed by atoms with Gasteiger partial charge in [-0.25, -0.2) is 9.78 Å². The van der Waals surface area contributed by atoms with Gasteiger partial charge < -0.3 is 29.4 Å². The first-order valence-corrected chi connectivity index (χ1v) is 20.7. The summed E-state index contributed by atoms with van der Waals surface area (Å²) in [5.41, 5.74) is 6.34. The first-order valence-electron chi connectivity index (χ1n) is 19.0. The van der Waals surface area contributed by atoms with Crippen LogP contribution in [0.3, 0.4) is 0 Å². The molecule has 3 unspecified atom stereocenters. The molecule has 6 aromatic rings. The van der Waals surface area contributed by atoms with Gasteiger partial charge >= 0.3 is 5.97 Å². The first kappa shape index (κ1) is 40.1. The van der Waals surface area contributed by atoms with Crippen LogP contribution < -0.4 is 24.3 Å². The number of ether oxygens (including phenoxy) is 4. The second-order valence-electron chi connectivity index (χ2n) is 14.5. The van der Waals surface area contributed by atoms with E-state index in [-0.39, 0.29) is 18.4 Å². The lowest BCUT2D eigenvalue weighted by molar-refractivity contribution is -0.142. The topological polar surface area (TPSA) is 132 Å². The number of pyridine rings is 1. The number of aryl methyl sites for hydroxylation is 1. The molecule has 14 heteroatoms. The fourth-order valence-corrected chi connectivity index (χ4v) is 8.09. The van der Waals surface area contributed by atoms with Crippen LogP contribution in [0.2, 0.25) is 10.0 Å². The maximum atomic E-state index is 14.1. The number of carbonyl (C=O) groups excluding carboxylic acids is 1. The summed E-state index contributed by atoms with van der Waals surface area (Å²) >= 11 is 13.7. The Kier molecular flexibility index (Phi) is 12.0. The predicted molar refractivity (Wildman–Crippen MR) is 225 cm³/mol. The van der Waals surface area contributed by atoms with E-state index in [9.17, 15) is 14.7 Å². The van der Waals surface area contributed by atoms with E-state index in [1.807, 2.05) is 78.7 Å². The van der Waals surface area contributed by atoms with Crippen molar-refractivity contribution in [2.24, 2.45) is 0 Å². The number of benzene rings is 4. The fourth-order valence-electron chi connectivity index (χ4n) is 7.13. The number of carbonyl (C=O) groups is 2. The number of carboxylic acids is 1. The highest BCUT2D eigenvalue weighted by molar-refractivity contribution is 7.09. The average molecular weight is 852 g/mol. The quantitative estimate of drug-likeness (QED) is 0.116. The van der Waals surface area contributed by atoms with Gasteiger partial charge in [0.1, 0.15) is 41.5 Å². The third-order valence-electron chi connectivity index (χ3n) is 10.5. The Balaban J connectivity index is 0.938. The molecule has 11 nitrogen and oxygen atoms in total. The van der Waals surface area contributed by atoms with Crippen LogP contribution in [0.25, 0.3) is 0 Å². The zero-order chi connectivity index (χ0) is 41.0. The molecule has 2 aliphatic rings. The van der Waals surface area contributed by atoms with Crippen LogP contribution in [0, 0.1) is 13.8 Å². The third kappa shape index (κ3) is 9.47. The summed E-state index contributed by atoms with van der Waals surface area (Å²) in [6.45, 7) is 5.35. The Morgan fingerprint density at radius 1 is 0.915 bits per heavy atom. The van der Waals surface area contributed by atoms with E-state index < -0.39 is 18.1 Å². The van der Waals surface area contributed by atoms with Crippen LogP contribution in [-0.4, -0.2) is 50.5 Å². The van der Waals surface area contributed by atoms with Crippen molar-refractivity contribution in [3.05, 3.63) is 157 Å². The molecule has 0 fully saturated rings. The van der Waals surface area contributed by atoms with Crippen LogP contribution in [0.5, 0.6) is 28.7 Å². The number of aliphatic carboxylic acids is 1. The monoisotopic (exact) mass is 850 g/mol. The van der Waals surface area contributed by atoms with Crippen LogP contribution >= 0.6 is 34.5 Å². The zero-order valence-electron chi connectivity index (χ0n) is 32.2. The molecule has 2 aromatic heterocycles. The lowest BCUT2D eigenvalue weighted by atomic mass is 9.92. The number of hydrogen-bond donors (Lipinski definition) is 2. The zero-order valence-corrected chi connectivity index (χ0v) is 34.5. The van der Waals surface area contributed by atoms with Gasteiger partial charge in [0, 0.05) is 42.0 Å². The minimum Gasteiger partial charge on any atom is -0.489 e. The molecule has 0 aliphatic carbocycles.